The van der Waals surface area contributed by atoms with E-state index in [0.29, 0.717) is 5.41 Å². The van der Waals surface area contributed by atoms with E-state index >= 15 is 0 Å². The third-order valence-corrected chi connectivity index (χ3v) is 23.4. The number of hydrogen-bond acceptors (Lipinski definition) is 0. The minimum atomic E-state index is -1.65. The summed E-state index contributed by atoms with van der Waals surface area (Å²) in [5.74, 6) is 0. The van der Waals surface area contributed by atoms with Gasteiger partial charge >= 0.3 is 53.5 Å². The van der Waals surface area contributed by atoms with Crippen molar-refractivity contribution in [3.63, 3.8) is 0 Å². The average molecular weight is 471 g/mol. The van der Waals surface area contributed by atoms with Crippen LogP contribution < -0.4 is 0 Å². The van der Waals surface area contributed by atoms with E-state index in [1.807, 2.05) is 0 Å². The summed E-state index contributed by atoms with van der Waals surface area (Å²) < 4.78 is 0. The summed E-state index contributed by atoms with van der Waals surface area (Å²) in [6, 6.07) is 21.3. The zero-order chi connectivity index (χ0) is 19.0. The molecule has 0 aliphatic heterocycles. The van der Waals surface area contributed by atoms with Crippen LogP contribution in [0.15, 0.2) is 60.7 Å². The van der Waals surface area contributed by atoms with Crippen molar-refractivity contribution < 1.29 is 18.0 Å². The van der Waals surface area contributed by atoms with Crippen LogP contribution in [0.5, 0.6) is 0 Å². The maximum absolute atomic E-state index is 5.62. The Bertz CT molecular complexity index is 742. The van der Waals surface area contributed by atoms with E-state index in [9.17, 15) is 0 Å². The van der Waals surface area contributed by atoms with Crippen LogP contribution >= 0.6 is 17.0 Å². The molecule has 0 amide bonds. The Morgan fingerprint density at radius 1 is 1.04 bits per heavy atom. The van der Waals surface area contributed by atoms with Crippen molar-refractivity contribution >= 4 is 33.2 Å². The van der Waals surface area contributed by atoms with Gasteiger partial charge in [0.15, 0.2) is 0 Å². The molecule has 4 heteroatoms. The molecule has 0 N–H and O–H groups in total. The first-order valence-corrected chi connectivity index (χ1v) is 21.0. The molecule has 0 saturated heterocycles. The summed E-state index contributed by atoms with van der Waals surface area (Å²) in [5, 5.41) is 2.69. The van der Waals surface area contributed by atoms with Crippen LogP contribution in [0.4, 0.5) is 0 Å². The molecule has 0 unspecified atom stereocenters. The Balaban J connectivity index is 0.000000195. The molecule has 0 saturated carbocycles. The zero-order valence-electron chi connectivity index (χ0n) is 16.0. The number of aryl methyl sites for hydroxylation is 1. The molecular weight excluding hydrogens is 442 g/mol. The predicted molar refractivity (Wildman–Crippen MR) is 114 cm³/mol. The standard InChI is InChI=1S/C10H9.C9H13.C2H6Si.2ClH.Zr/c1-8-6-9-4-2-3-5-10(9)7-8;1-9(2,3)8-6-4-5-7-8;1-3-2;;;/h2-7H,1H3;4-7H,1-3H3;1-2H3;2*1H;/q2*-1;;;;+2/p-2. The third-order valence-electron chi connectivity index (χ3n) is 3.67. The Morgan fingerprint density at radius 3 is 2.04 bits per heavy atom. The van der Waals surface area contributed by atoms with Crippen molar-refractivity contribution in [1.29, 1.82) is 0 Å². The predicted octanol–water partition coefficient (Wildman–Crippen LogP) is 7.73. The molecule has 0 bridgehead atoms. The maximum atomic E-state index is 5.62. The van der Waals surface area contributed by atoms with Gasteiger partial charge in [-0.25, -0.2) is 6.07 Å². The fraction of sp³-hybridized carbons (Fsp3) is 0.333. The van der Waals surface area contributed by atoms with Gasteiger partial charge in [0.2, 0.25) is 0 Å². The Morgan fingerprint density at radius 2 is 1.64 bits per heavy atom. The van der Waals surface area contributed by atoms with Crippen LogP contribution in [0, 0.1) is 6.92 Å². The fourth-order valence-corrected chi connectivity index (χ4v) is 2.18. The summed E-state index contributed by atoms with van der Waals surface area (Å²) in [6.45, 7) is 13.1. The SMILES string of the molecule is CC(C)(C)c1cc[cH-]c1.C[Si](C)=[Zr]([Cl])[Cl].Cc1cc2ccccc2[cH-]1. The van der Waals surface area contributed by atoms with E-state index in [-0.39, 0.29) is 5.43 Å². The molecule has 25 heavy (non-hydrogen) atoms. The third kappa shape index (κ3) is 8.87. The molecule has 0 atom stereocenters. The second kappa shape index (κ2) is 10.9. The molecule has 0 fully saturated rings. The molecule has 0 aliphatic carbocycles. The average Bonchev–Trinajstić information content (AvgIpc) is 3.16. The van der Waals surface area contributed by atoms with Crippen molar-refractivity contribution in [2.24, 2.45) is 0 Å². The van der Waals surface area contributed by atoms with Gasteiger partial charge in [-0.15, -0.1) is 40.6 Å². The molecule has 0 aromatic heterocycles. The van der Waals surface area contributed by atoms with E-state index in [0.717, 1.165) is 0 Å². The first kappa shape index (κ1) is 22.9. The molecule has 3 aromatic carbocycles. The van der Waals surface area contributed by atoms with E-state index < -0.39 is 18.0 Å². The van der Waals surface area contributed by atoms with Crippen LogP contribution in [0.2, 0.25) is 13.1 Å². The molecule has 0 aliphatic rings. The van der Waals surface area contributed by atoms with Gasteiger partial charge < -0.3 is 0 Å². The van der Waals surface area contributed by atoms with E-state index in [2.05, 4.69) is 101 Å². The van der Waals surface area contributed by atoms with Gasteiger partial charge in [0.25, 0.3) is 0 Å². The van der Waals surface area contributed by atoms with Gasteiger partial charge in [-0.1, -0.05) is 39.2 Å². The van der Waals surface area contributed by atoms with Gasteiger partial charge in [-0.2, -0.15) is 29.8 Å². The van der Waals surface area contributed by atoms with Crippen LogP contribution in [-0.2, 0) is 23.4 Å². The molecule has 0 spiro atoms. The molecule has 3 aromatic rings. The molecular formula is C21H28Cl2SiZr-2. The number of rotatable bonds is 0. The Kier molecular flexibility index (Phi) is 9.96. The summed E-state index contributed by atoms with van der Waals surface area (Å²) >= 11 is -1.65. The maximum Gasteiger partial charge on any atom is -0.0579 e. The quantitative estimate of drug-likeness (QED) is 0.233. The number of halogens is 2. The molecule has 0 heterocycles. The van der Waals surface area contributed by atoms with Crippen LogP contribution in [0.3, 0.4) is 0 Å². The van der Waals surface area contributed by atoms with Gasteiger partial charge in [0, 0.05) is 0 Å². The van der Waals surface area contributed by atoms with Gasteiger partial charge in [-0.3, -0.25) is 0 Å². The monoisotopic (exact) mass is 468 g/mol. The van der Waals surface area contributed by atoms with Crippen molar-refractivity contribution in [2.75, 3.05) is 0 Å². The summed E-state index contributed by atoms with van der Waals surface area (Å²) in [7, 11) is 11.2. The van der Waals surface area contributed by atoms with Crippen molar-refractivity contribution in [2.45, 2.75) is 46.2 Å². The van der Waals surface area contributed by atoms with E-state index in [1.165, 1.54) is 21.9 Å². The van der Waals surface area contributed by atoms with Gasteiger partial charge in [0.05, 0.1) is 0 Å². The second-order valence-corrected chi connectivity index (χ2v) is 30.3. The molecule has 3 rings (SSSR count). The first-order valence-electron chi connectivity index (χ1n) is 8.44. The summed E-state index contributed by atoms with van der Waals surface area (Å²) in [5.41, 5.74) is 2.87. The second-order valence-electron chi connectivity index (χ2n) is 7.35. The van der Waals surface area contributed by atoms with Crippen molar-refractivity contribution in [1.82, 2.24) is 0 Å². The van der Waals surface area contributed by atoms with Crippen LogP contribution in [0.25, 0.3) is 10.8 Å². The molecule has 136 valence electrons. The molecule has 0 radical (unpaired) electrons. The van der Waals surface area contributed by atoms with Crippen molar-refractivity contribution in [3.05, 3.63) is 71.8 Å². The van der Waals surface area contributed by atoms with E-state index in [4.69, 9.17) is 17.0 Å². The summed E-state index contributed by atoms with van der Waals surface area (Å²) in [6.07, 6.45) is 0. The Labute approximate surface area is 168 Å². The van der Waals surface area contributed by atoms with Crippen LogP contribution in [0.1, 0.15) is 31.9 Å². The van der Waals surface area contributed by atoms with Gasteiger partial charge in [0.1, 0.15) is 0 Å². The van der Waals surface area contributed by atoms with Crippen LogP contribution in [-0.4, -0.2) is 5.43 Å². The Hall–Kier alpha value is -0.140. The minimum Gasteiger partial charge on any atom is -0.165 e. The number of fused-ring (bicyclic) bond motifs is 1. The topological polar surface area (TPSA) is 0 Å². The molecule has 0 nitrogen and oxygen atoms in total. The number of benzene rings is 1. The summed E-state index contributed by atoms with van der Waals surface area (Å²) in [4.78, 5) is 0. The largest absolute Gasteiger partial charge is 0.165 e. The first-order chi connectivity index (χ1) is 11.6. The zero-order valence-corrected chi connectivity index (χ0v) is 21.0. The van der Waals surface area contributed by atoms with Crippen molar-refractivity contribution in [3.8, 4) is 0 Å². The smallest absolute Gasteiger partial charge is 0.0579 e. The van der Waals surface area contributed by atoms with E-state index in [1.54, 1.807) is 0 Å². The fourth-order valence-electron chi connectivity index (χ4n) is 2.18. The minimum absolute atomic E-state index is 0.224. The van der Waals surface area contributed by atoms with Gasteiger partial charge in [-0.05, 0) is 0 Å². The normalized spacial score (nSPS) is 10.4. The number of hydrogen-bond donors (Lipinski definition) is 0.